The Morgan fingerprint density at radius 1 is 1.47 bits per heavy atom. The van der Waals surface area contributed by atoms with Crippen molar-refractivity contribution in [3.63, 3.8) is 0 Å². The Kier molecular flexibility index (Phi) is 3.82. The van der Waals surface area contributed by atoms with Crippen LogP contribution in [-0.4, -0.2) is 25.7 Å². The molecule has 1 unspecified atom stereocenters. The Bertz CT molecular complexity index is 429. The molecular weight excluding hydrogens is 212 g/mol. The molecule has 0 fully saturated rings. The van der Waals surface area contributed by atoms with Gasteiger partial charge in [-0.15, -0.1) is 0 Å². The van der Waals surface area contributed by atoms with Gasteiger partial charge in [-0.05, 0) is 26.0 Å². The number of nitrogens with zero attached hydrogens (tertiary/aromatic N) is 1. The second-order valence-electron chi connectivity index (χ2n) is 3.77. The predicted molar refractivity (Wildman–Crippen MR) is 60.1 cm³/mol. The highest BCUT2D eigenvalue weighted by atomic mass is 32.2. The summed E-state index contributed by atoms with van der Waals surface area (Å²) in [4.78, 5) is 4.31. The molecule has 1 aromatic heterocycles. The van der Waals surface area contributed by atoms with Gasteiger partial charge in [0.05, 0.1) is 6.26 Å². The highest BCUT2D eigenvalue weighted by molar-refractivity contribution is 7.88. The highest BCUT2D eigenvalue weighted by Crippen LogP contribution is 2.02. The van der Waals surface area contributed by atoms with Gasteiger partial charge in [0.25, 0.3) is 0 Å². The van der Waals surface area contributed by atoms with Gasteiger partial charge in [-0.25, -0.2) is 13.1 Å². The summed E-state index contributed by atoms with van der Waals surface area (Å²) in [6.07, 6.45) is 1.77. The van der Waals surface area contributed by atoms with E-state index in [1.54, 1.807) is 0 Å². The third kappa shape index (κ3) is 4.90. The second-order valence-corrected chi connectivity index (χ2v) is 5.55. The van der Waals surface area contributed by atoms with Crippen LogP contribution in [0, 0.1) is 6.92 Å². The van der Waals surface area contributed by atoms with E-state index in [4.69, 9.17) is 0 Å². The van der Waals surface area contributed by atoms with Crippen LogP contribution >= 0.6 is 0 Å². The normalized spacial score (nSPS) is 13.8. The van der Waals surface area contributed by atoms with Gasteiger partial charge >= 0.3 is 0 Å². The first-order valence-electron chi connectivity index (χ1n) is 4.76. The maximum Gasteiger partial charge on any atom is 0.208 e. The summed E-state index contributed by atoms with van der Waals surface area (Å²) >= 11 is 0. The molecule has 0 bridgehead atoms. The van der Waals surface area contributed by atoms with E-state index in [1.165, 1.54) is 0 Å². The third-order valence-corrected chi connectivity index (χ3v) is 2.71. The number of rotatable bonds is 4. The average Bonchev–Trinajstić information content (AvgIpc) is 1.99. The molecular formula is C10H16N2O2S. The molecule has 0 spiro atoms. The summed E-state index contributed by atoms with van der Waals surface area (Å²) in [5, 5.41) is 0. The van der Waals surface area contributed by atoms with Gasteiger partial charge in [0.1, 0.15) is 0 Å². The van der Waals surface area contributed by atoms with E-state index in [9.17, 15) is 8.42 Å². The molecule has 0 radical (unpaired) electrons. The second kappa shape index (κ2) is 4.72. The number of hydrogen-bond donors (Lipinski definition) is 1. The van der Waals surface area contributed by atoms with Crippen molar-refractivity contribution >= 4 is 10.0 Å². The standard InChI is InChI=1S/C10H16N2O2S/c1-8-5-4-6-10(11-8)7-9(2)12-15(3,13)14/h4-6,9,12H,7H2,1-3H3. The van der Waals surface area contributed by atoms with Gasteiger partial charge in [-0.2, -0.15) is 0 Å². The van der Waals surface area contributed by atoms with Crippen LogP contribution in [-0.2, 0) is 16.4 Å². The predicted octanol–water partition coefficient (Wildman–Crippen LogP) is 0.870. The fourth-order valence-electron chi connectivity index (χ4n) is 1.43. The summed E-state index contributed by atoms with van der Waals surface area (Å²) < 4.78 is 24.5. The Morgan fingerprint density at radius 2 is 2.13 bits per heavy atom. The van der Waals surface area contributed by atoms with Crippen LogP contribution in [0.1, 0.15) is 18.3 Å². The van der Waals surface area contributed by atoms with E-state index >= 15 is 0 Å². The molecule has 0 aromatic carbocycles. The minimum Gasteiger partial charge on any atom is -0.258 e. The smallest absolute Gasteiger partial charge is 0.208 e. The zero-order valence-corrected chi connectivity index (χ0v) is 10.0. The number of hydrogen-bond acceptors (Lipinski definition) is 3. The Morgan fingerprint density at radius 3 is 2.67 bits per heavy atom. The SMILES string of the molecule is Cc1cccc(CC(C)NS(C)(=O)=O)n1. The van der Waals surface area contributed by atoms with Gasteiger partial charge in [-0.3, -0.25) is 4.98 Å². The number of aromatic nitrogens is 1. The van der Waals surface area contributed by atoms with Crippen LogP contribution < -0.4 is 4.72 Å². The van der Waals surface area contributed by atoms with E-state index in [2.05, 4.69) is 9.71 Å². The Balaban J connectivity index is 2.63. The summed E-state index contributed by atoms with van der Waals surface area (Å²) in [6.45, 7) is 3.74. The maximum absolute atomic E-state index is 11.0. The maximum atomic E-state index is 11.0. The van der Waals surface area contributed by atoms with Gasteiger partial charge in [0, 0.05) is 23.9 Å². The Hall–Kier alpha value is -0.940. The van der Waals surface area contributed by atoms with E-state index in [0.29, 0.717) is 6.42 Å². The van der Waals surface area contributed by atoms with Gasteiger partial charge in [0.15, 0.2) is 0 Å². The van der Waals surface area contributed by atoms with Crippen LogP contribution in [0.2, 0.25) is 0 Å². The minimum atomic E-state index is -3.13. The van der Waals surface area contributed by atoms with Crippen molar-refractivity contribution in [3.8, 4) is 0 Å². The molecule has 1 N–H and O–H groups in total. The number of sulfonamides is 1. The molecule has 1 heterocycles. The molecule has 84 valence electrons. The lowest BCUT2D eigenvalue weighted by Gasteiger charge is -2.11. The van der Waals surface area contributed by atoms with E-state index in [0.717, 1.165) is 17.6 Å². The largest absolute Gasteiger partial charge is 0.258 e. The topological polar surface area (TPSA) is 59.1 Å². The molecule has 0 amide bonds. The lowest BCUT2D eigenvalue weighted by molar-refractivity contribution is 0.564. The number of pyridine rings is 1. The van der Waals surface area contributed by atoms with Gasteiger partial charge < -0.3 is 0 Å². The van der Waals surface area contributed by atoms with Crippen molar-refractivity contribution in [1.82, 2.24) is 9.71 Å². The van der Waals surface area contributed by atoms with E-state index < -0.39 is 10.0 Å². The van der Waals surface area contributed by atoms with Crippen LogP contribution in [0.3, 0.4) is 0 Å². The number of aryl methyl sites for hydroxylation is 1. The van der Waals surface area contributed by atoms with Crippen LogP contribution in [0.15, 0.2) is 18.2 Å². The molecule has 4 nitrogen and oxygen atoms in total. The fraction of sp³-hybridized carbons (Fsp3) is 0.500. The van der Waals surface area contributed by atoms with Crippen LogP contribution in [0.4, 0.5) is 0 Å². The molecule has 0 aliphatic carbocycles. The molecule has 5 heteroatoms. The third-order valence-electron chi connectivity index (χ3n) is 1.88. The van der Waals surface area contributed by atoms with Gasteiger partial charge in [0.2, 0.25) is 10.0 Å². The zero-order chi connectivity index (χ0) is 11.5. The molecule has 15 heavy (non-hydrogen) atoms. The molecule has 0 aliphatic rings. The van der Waals surface area contributed by atoms with Crippen LogP contribution in [0.5, 0.6) is 0 Å². The van der Waals surface area contributed by atoms with E-state index in [-0.39, 0.29) is 6.04 Å². The first-order chi connectivity index (χ1) is 6.87. The van der Waals surface area contributed by atoms with E-state index in [1.807, 2.05) is 32.0 Å². The monoisotopic (exact) mass is 228 g/mol. The molecule has 0 saturated heterocycles. The van der Waals surface area contributed by atoms with Crippen molar-refractivity contribution in [2.45, 2.75) is 26.3 Å². The number of nitrogens with one attached hydrogen (secondary N) is 1. The van der Waals surface area contributed by atoms with Crippen molar-refractivity contribution in [1.29, 1.82) is 0 Å². The van der Waals surface area contributed by atoms with Crippen LogP contribution in [0.25, 0.3) is 0 Å². The van der Waals surface area contributed by atoms with Crippen molar-refractivity contribution in [2.24, 2.45) is 0 Å². The summed E-state index contributed by atoms with van der Waals surface area (Å²) in [7, 11) is -3.13. The highest BCUT2D eigenvalue weighted by Gasteiger charge is 2.09. The zero-order valence-electron chi connectivity index (χ0n) is 9.19. The summed E-state index contributed by atoms with van der Waals surface area (Å²) in [5.41, 5.74) is 1.85. The average molecular weight is 228 g/mol. The lowest BCUT2D eigenvalue weighted by atomic mass is 10.2. The van der Waals surface area contributed by atoms with Crippen molar-refractivity contribution in [3.05, 3.63) is 29.6 Å². The molecule has 0 aliphatic heterocycles. The van der Waals surface area contributed by atoms with Crippen molar-refractivity contribution < 1.29 is 8.42 Å². The molecule has 1 rings (SSSR count). The summed E-state index contributed by atoms with van der Waals surface area (Å²) in [6, 6.07) is 5.60. The quantitative estimate of drug-likeness (QED) is 0.832. The van der Waals surface area contributed by atoms with Gasteiger partial charge in [-0.1, -0.05) is 6.07 Å². The Labute approximate surface area is 90.8 Å². The summed E-state index contributed by atoms with van der Waals surface area (Å²) in [5.74, 6) is 0. The first kappa shape index (κ1) is 12.1. The first-order valence-corrected chi connectivity index (χ1v) is 6.66. The molecule has 1 aromatic rings. The fourth-order valence-corrected chi connectivity index (χ4v) is 2.25. The molecule has 1 atom stereocenters. The molecule has 0 saturated carbocycles. The lowest BCUT2D eigenvalue weighted by Crippen LogP contribution is -2.33. The van der Waals surface area contributed by atoms with Crippen molar-refractivity contribution in [2.75, 3.05) is 6.26 Å². The minimum absolute atomic E-state index is 0.130.